The quantitative estimate of drug-likeness (QED) is 0.818. The van der Waals surface area contributed by atoms with Crippen LogP contribution in [0.25, 0.3) is 0 Å². The van der Waals surface area contributed by atoms with Crippen LogP contribution in [-0.2, 0) is 0 Å². The summed E-state index contributed by atoms with van der Waals surface area (Å²) in [7, 11) is 3.98. The van der Waals surface area contributed by atoms with Crippen molar-refractivity contribution in [3.05, 3.63) is 46.5 Å². The molecular formula is C19H26ClN5. The van der Waals surface area contributed by atoms with Gasteiger partial charge in [-0.1, -0.05) is 11.6 Å². The Balaban J connectivity index is 0.000000251. The van der Waals surface area contributed by atoms with Crippen LogP contribution in [0.3, 0.4) is 0 Å². The number of aryl methyl sites for hydroxylation is 2. The molecule has 0 bridgehead atoms. The smallest absolute Gasteiger partial charge is 0.103 e. The van der Waals surface area contributed by atoms with Gasteiger partial charge >= 0.3 is 0 Å². The zero-order chi connectivity index (χ0) is 19.0. The summed E-state index contributed by atoms with van der Waals surface area (Å²) in [4.78, 5) is 12.3. The van der Waals surface area contributed by atoms with Crippen LogP contribution in [0.4, 0.5) is 11.4 Å². The third-order valence-corrected chi connectivity index (χ3v) is 4.17. The number of anilines is 2. The van der Waals surface area contributed by atoms with Gasteiger partial charge in [-0.05, 0) is 39.8 Å². The van der Waals surface area contributed by atoms with E-state index in [2.05, 4.69) is 34.8 Å². The molecule has 2 aromatic heterocycles. The zero-order valence-electron chi connectivity index (χ0n) is 15.8. The van der Waals surface area contributed by atoms with Gasteiger partial charge in [0.05, 0.1) is 22.0 Å². The van der Waals surface area contributed by atoms with Crippen molar-refractivity contribution < 1.29 is 0 Å². The number of hydrogen-bond acceptors (Lipinski definition) is 5. The summed E-state index contributed by atoms with van der Waals surface area (Å²) < 4.78 is 0. The summed E-state index contributed by atoms with van der Waals surface area (Å²) in [5.41, 5.74) is 4.57. The molecular weight excluding hydrogens is 334 g/mol. The highest BCUT2D eigenvalue weighted by molar-refractivity contribution is 6.33. The number of nitrogens with zero attached hydrogens (tertiary/aromatic N) is 5. The van der Waals surface area contributed by atoms with Gasteiger partial charge in [0.25, 0.3) is 0 Å². The molecule has 0 saturated heterocycles. The molecule has 0 aliphatic carbocycles. The SMILES string of the molecule is CCN(C)c1cc(C)ncc1C#N.CCN(C)c1cc(C)ncc1Cl. The van der Waals surface area contributed by atoms with E-state index in [1.54, 1.807) is 12.4 Å². The van der Waals surface area contributed by atoms with Crippen molar-refractivity contribution in [1.82, 2.24) is 9.97 Å². The lowest BCUT2D eigenvalue weighted by Crippen LogP contribution is -2.17. The molecule has 6 heteroatoms. The summed E-state index contributed by atoms with van der Waals surface area (Å²) in [5, 5.41) is 9.55. The molecule has 0 saturated carbocycles. The maximum absolute atomic E-state index is 8.84. The van der Waals surface area contributed by atoms with E-state index in [1.807, 2.05) is 45.0 Å². The lowest BCUT2D eigenvalue weighted by atomic mass is 10.2. The van der Waals surface area contributed by atoms with Gasteiger partial charge in [-0.15, -0.1) is 0 Å². The van der Waals surface area contributed by atoms with Crippen molar-refractivity contribution in [2.24, 2.45) is 0 Å². The molecule has 0 radical (unpaired) electrons. The highest BCUT2D eigenvalue weighted by Crippen LogP contribution is 2.24. The second-order valence-corrected chi connectivity index (χ2v) is 6.17. The molecule has 0 fully saturated rings. The third-order valence-electron chi connectivity index (χ3n) is 3.88. The molecule has 0 amide bonds. The van der Waals surface area contributed by atoms with Crippen molar-refractivity contribution in [3.63, 3.8) is 0 Å². The molecule has 0 unspecified atom stereocenters. The molecule has 0 N–H and O–H groups in total. The van der Waals surface area contributed by atoms with Gasteiger partial charge in [0.1, 0.15) is 6.07 Å². The fourth-order valence-corrected chi connectivity index (χ4v) is 2.36. The summed E-state index contributed by atoms with van der Waals surface area (Å²) in [6.45, 7) is 9.86. The Morgan fingerprint density at radius 2 is 1.44 bits per heavy atom. The Morgan fingerprint density at radius 1 is 0.960 bits per heavy atom. The fourth-order valence-electron chi connectivity index (χ4n) is 2.11. The normalized spacial score (nSPS) is 9.68. The van der Waals surface area contributed by atoms with Crippen molar-refractivity contribution in [3.8, 4) is 6.07 Å². The molecule has 134 valence electrons. The Morgan fingerprint density at radius 3 is 1.96 bits per heavy atom. The monoisotopic (exact) mass is 359 g/mol. The Hall–Kier alpha value is -2.32. The second kappa shape index (κ2) is 9.85. The van der Waals surface area contributed by atoms with Gasteiger partial charge in [0.2, 0.25) is 0 Å². The van der Waals surface area contributed by atoms with Gasteiger partial charge in [-0.3, -0.25) is 9.97 Å². The number of nitriles is 1. The molecule has 0 aliphatic heterocycles. The van der Waals surface area contributed by atoms with Crippen molar-refractivity contribution in [1.29, 1.82) is 5.26 Å². The summed E-state index contributed by atoms with van der Waals surface area (Å²) in [6, 6.07) is 6.06. The van der Waals surface area contributed by atoms with Crippen LogP contribution >= 0.6 is 11.6 Å². The predicted molar refractivity (Wildman–Crippen MR) is 106 cm³/mol. The molecule has 25 heavy (non-hydrogen) atoms. The fraction of sp³-hybridized carbons (Fsp3) is 0.421. The van der Waals surface area contributed by atoms with Crippen LogP contribution in [0.2, 0.25) is 5.02 Å². The van der Waals surface area contributed by atoms with Gasteiger partial charge in [0.15, 0.2) is 0 Å². The zero-order valence-corrected chi connectivity index (χ0v) is 16.6. The molecule has 2 heterocycles. The van der Waals surface area contributed by atoms with E-state index in [0.29, 0.717) is 10.6 Å². The van der Waals surface area contributed by atoms with Crippen LogP contribution in [-0.4, -0.2) is 37.2 Å². The molecule has 2 rings (SSSR count). The van der Waals surface area contributed by atoms with E-state index < -0.39 is 0 Å². The number of halogens is 1. The van der Waals surface area contributed by atoms with E-state index in [1.165, 1.54) is 0 Å². The van der Waals surface area contributed by atoms with Gasteiger partial charge in [0, 0.05) is 51.0 Å². The first-order chi connectivity index (χ1) is 11.8. The van der Waals surface area contributed by atoms with Crippen LogP contribution in [0.5, 0.6) is 0 Å². The molecule has 0 aromatic carbocycles. The highest BCUT2D eigenvalue weighted by Gasteiger charge is 2.06. The van der Waals surface area contributed by atoms with Crippen LogP contribution in [0.1, 0.15) is 30.8 Å². The average Bonchev–Trinajstić information content (AvgIpc) is 2.62. The number of hydrogen-bond donors (Lipinski definition) is 0. The Bertz CT molecular complexity index is 739. The minimum Gasteiger partial charge on any atom is -0.374 e. The minimum absolute atomic E-state index is 0.634. The molecule has 0 spiro atoms. The van der Waals surface area contributed by atoms with E-state index in [-0.39, 0.29) is 0 Å². The van der Waals surface area contributed by atoms with Crippen molar-refractivity contribution in [2.75, 3.05) is 37.0 Å². The Labute approximate surface area is 155 Å². The Kier molecular flexibility index (Phi) is 8.17. The van der Waals surface area contributed by atoms with Gasteiger partial charge < -0.3 is 9.80 Å². The largest absolute Gasteiger partial charge is 0.374 e. The summed E-state index contributed by atoms with van der Waals surface area (Å²) in [5.74, 6) is 0. The number of pyridine rings is 2. The maximum Gasteiger partial charge on any atom is 0.103 e. The standard InChI is InChI=1S/C10H13N3.C9H13ClN2/c1-4-13(3)10-5-8(2)12-7-9(10)6-11;1-4-12(3)9-5-7(2)11-6-8(9)10/h5,7H,4H2,1-3H3;5-6H,4H2,1-3H3. The topological polar surface area (TPSA) is 56.1 Å². The third kappa shape index (κ3) is 5.91. The second-order valence-electron chi connectivity index (χ2n) is 5.76. The maximum atomic E-state index is 8.84. The van der Waals surface area contributed by atoms with Crippen LogP contribution in [0, 0.1) is 25.2 Å². The van der Waals surface area contributed by atoms with E-state index >= 15 is 0 Å². The number of rotatable bonds is 4. The van der Waals surface area contributed by atoms with Crippen LogP contribution < -0.4 is 9.80 Å². The number of aromatic nitrogens is 2. The highest BCUT2D eigenvalue weighted by atomic mass is 35.5. The van der Waals surface area contributed by atoms with Gasteiger partial charge in [-0.2, -0.15) is 5.26 Å². The van der Waals surface area contributed by atoms with Crippen molar-refractivity contribution in [2.45, 2.75) is 27.7 Å². The predicted octanol–water partition coefficient (Wildman–Crippen LogP) is 4.22. The first-order valence-corrected chi connectivity index (χ1v) is 8.62. The van der Waals surface area contributed by atoms with E-state index in [9.17, 15) is 0 Å². The molecule has 5 nitrogen and oxygen atoms in total. The summed E-state index contributed by atoms with van der Waals surface area (Å²) >= 11 is 5.97. The van der Waals surface area contributed by atoms with E-state index in [0.717, 1.165) is 35.9 Å². The minimum atomic E-state index is 0.634. The lowest BCUT2D eigenvalue weighted by Gasteiger charge is -2.18. The van der Waals surface area contributed by atoms with Gasteiger partial charge in [-0.25, -0.2) is 0 Å². The lowest BCUT2D eigenvalue weighted by molar-refractivity contribution is 0.958. The molecule has 0 atom stereocenters. The first kappa shape index (κ1) is 20.7. The first-order valence-electron chi connectivity index (χ1n) is 8.25. The van der Waals surface area contributed by atoms with Crippen molar-refractivity contribution >= 4 is 23.0 Å². The summed E-state index contributed by atoms with van der Waals surface area (Å²) in [6.07, 6.45) is 3.31. The van der Waals surface area contributed by atoms with Crippen LogP contribution in [0.15, 0.2) is 24.5 Å². The molecule has 2 aromatic rings. The average molecular weight is 360 g/mol. The molecule has 0 aliphatic rings. The van der Waals surface area contributed by atoms with E-state index in [4.69, 9.17) is 16.9 Å².